The molecule has 1 aliphatic rings. The lowest BCUT2D eigenvalue weighted by molar-refractivity contribution is -0.137. The number of benzene rings is 1. The van der Waals surface area contributed by atoms with Gasteiger partial charge in [0, 0.05) is 30.9 Å². The van der Waals surface area contributed by atoms with Crippen molar-refractivity contribution in [2.45, 2.75) is 32.0 Å². The second-order valence-corrected chi connectivity index (χ2v) is 7.47. The molecule has 9 heteroatoms. The fourth-order valence-corrected chi connectivity index (χ4v) is 3.48. The van der Waals surface area contributed by atoms with Gasteiger partial charge < -0.3 is 9.80 Å². The van der Waals surface area contributed by atoms with Crippen LogP contribution in [-0.2, 0) is 6.18 Å². The van der Waals surface area contributed by atoms with Crippen LogP contribution in [0.5, 0.6) is 0 Å². The number of nitrogens with zero attached hydrogens (tertiary/aromatic N) is 4. The molecule has 29 heavy (non-hydrogen) atoms. The summed E-state index contributed by atoms with van der Waals surface area (Å²) in [6.45, 7) is 2.55. The van der Waals surface area contributed by atoms with Gasteiger partial charge in [0.2, 0.25) is 5.43 Å². The maximum absolute atomic E-state index is 13.1. The lowest BCUT2D eigenvalue weighted by Gasteiger charge is -2.35. The smallest absolute Gasteiger partial charge is 0.336 e. The molecule has 0 saturated carbocycles. The highest BCUT2D eigenvalue weighted by molar-refractivity contribution is 5.92. The van der Waals surface area contributed by atoms with Crippen molar-refractivity contribution >= 4 is 5.91 Å². The zero-order valence-electron chi connectivity index (χ0n) is 16.5. The highest BCUT2D eigenvalue weighted by atomic mass is 19.4. The van der Waals surface area contributed by atoms with Crippen molar-refractivity contribution in [1.82, 2.24) is 19.6 Å². The molecule has 1 aromatic heterocycles. The van der Waals surface area contributed by atoms with Gasteiger partial charge in [0.05, 0.1) is 11.3 Å². The van der Waals surface area contributed by atoms with Crippen LogP contribution in [0.15, 0.2) is 35.1 Å². The Bertz CT molecular complexity index is 969. The van der Waals surface area contributed by atoms with Crippen LogP contribution in [0, 0.1) is 6.92 Å². The summed E-state index contributed by atoms with van der Waals surface area (Å²) in [5.41, 5.74) is -1.17. The Labute approximate surface area is 166 Å². The third-order valence-electron chi connectivity index (χ3n) is 5.14. The number of likely N-dealkylation sites (tertiary alicyclic amines) is 1. The first-order chi connectivity index (χ1) is 13.6. The average Bonchev–Trinajstić information content (AvgIpc) is 2.67. The highest BCUT2D eigenvalue weighted by Gasteiger charge is 2.31. The van der Waals surface area contributed by atoms with Crippen LogP contribution in [0.25, 0.3) is 5.69 Å². The molecule has 0 radical (unpaired) electrons. The van der Waals surface area contributed by atoms with Crippen molar-refractivity contribution < 1.29 is 18.0 Å². The van der Waals surface area contributed by atoms with E-state index in [-0.39, 0.29) is 17.4 Å². The minimum Gasteiger partial charge on any atom is -0.336 e. The molecule has 1 aromatic carbocycles. The molecule has 156 valence electrons. The van der Waals surface area contributed by atoms with E-state index in [4.69, 9.17) is 0 Å². The number of piperidine rings is 1. The summed E-state index contributed by atoms with van der Waals surface area (Å²) < 4.78 is 40.4. The molecule has 2 aromatic rings. The number of halogens is 3. The van der Waals surface area contributed by atoms with E-state index < -0.39 is 23.1 Å². The average molecular weight is 408 g/mol. The summed E-state index contributed by atoms with van der Waals surface area (Å²) in [4.78, 5) is 29.0. The number of carbonyl (C=O) groups is 1. The third-order valence-corrected chi connectivity index (χ3v) is 5.14. The Morgan fingerprint density at radius 3 is 2.62 bits per heavy atom. The van der Waals surface area contributed by atoms with Crippen molar-refractivity contribution in [1.29, 1.82) is 0 Å². The normalized spacial score (nSPS) is 17.6. The van der Waals surface area contributed by atoms with E-state index in [1.807, 2.05) is 19.0 Å². The van der Waals surface area contributed by atoms with E-state index in [1.54, 1.807) is 11.8 Å². The zero-order chi connectivity index (χ0) is 21.3. The van der Waals surface area contributed by atoms with Crippen LogP contribution < -0.4 is 5.43 Å². The molecule has 0 spiro atoms. The van der Waals surface area contributed by atoms with Gasteiger partial charge in [0.1, 0.15) is 0 Å². The second kappa shape index (κ2) is 7.98. The van der Waals surface area contributed by atoms with Gasteiger partial charge in [0.25, 0.3) is 5.91 Å². The van der Waals surface area contributed by atoms with Gasteiger partial charge in [0.15, 0.2) is 5.69 Å². The molecule has 1 fully saturated rings. The first-order valence-corrected chi connectivity index (χ1v) is 9.32. The summed E-state index contributed by atoms with van der Waals surface area (Å²) in [6.07, 6.45) is -2.74. The first-order valence-electron chi connectivity index (χ1n) is 9.32. The van der Waals surface area contributed by atoms with Gasteiger partial charge >= 0.3 is 6.18 Å². The number of rotatable bonds is 3. The maximum atomic E-state index is 13.1. The number of alkyl halides is 3. The van der Waals surface area contributed by atoms with E-state index in [9.17, 15) is 22.8 Å². The molecule has 6 nitrogen and oxygen atoms in total. The second-order valence-electron chi connectivity index (χ2n) is 7.47. The Morgan fingerprint density at radius 1 is 1.24 bits per heavy atom. The van der Waals surface area contributed by atoms with Crippen LogP contribution in [0.4, 0.5) is 13.2 Å². The minimum atomic E-state index is -4.50. The number of aryl methyl sites for hydroxylation is 1. The van der Waals surface area contributed by atoms with Gasteiger partial charge in [-0.1, -0.05) is 6.07 Å². The summed E-state index contributed by atoms with van der Waals surface area (Å²) in [7, 11) is 3.87. The van der Waals surface area contributed by atoms with E-state index in [2.05, 4.69) is 5.10 Å². The molecule has 1 unspecified atom stereocenters. The number of aromatic nitrogens is 2. The Kier molecular flexibility index (Phi) is 5.79. The first kappa shape index (κ1) is 21.0. The maximum Gasteiger partial charge on any atom is 0.416 e. The molecular weight excluding hydrogens is 385 g/mol. The van der Waals surface area contributed by atoms with Gasteiger partial charge in [-0.25, -0.2) is 4.68 Å². The predicted molar refractivity (Wildman–Crippen MR) is 102 cm³/mol. The standard InChI is InChI=1S/C20H23F3N4O2/c1-13-10-17(28)18(19(29)26-9-5-8-16(12-26)25(2)3)24-27(13)15-7-4-6-14(11-15)20(21,22)23/h4,6-7,10-11,16H,5,8-9,12H2,1-3H3. The van der Waals surface area contributed by atoms with Crippen LogP contribution >= 0.6 is 0 Å². The number of likely N-dealkylation sites (N-methyl/N-ethyl adjacent to an activating group) is 1. The molecule has 2 heterocycles. The van der Waals surface area contributed by atoms with Crippen molar-refractivity contribution in [2.75, 3.05) is 27.2 Å². The van der Waals surface area contributed by atoms with Crippen LogP contribution in [0.1, 0.15) is 34.6 Å². The topological polar surface area (TPSA) is 58.4 Å². The molecule has 1 atom stereocenters. The van der Waals surface area contributed by atoms with Crippen LogP contribution in [-0.4, -0.2) is 58.7 Å². The molecule has 1 amide bonds. The van der Waals surface area contributed by atoms with Crippen molar-refractivity contribution in [3.8, 4) is 5.69 Å². The minimum absolute atomic E-state index is 0.135. The molecule has 0 N–H and O–H groups in total. The zero-order valence-corrected chi connectivity index (χ0v) is 16.5. The van der Waals surface area contributed by atoms with E-state index >= 15 is 0 Å². The number of amides is 1. The van der Waals surface area contributed by atoms with Gasteiger partial charge in [-0.05, 0) is 52.1 Å². The molecule has 0 bridgehead atoms. The summed E-state index contributed by atoms with van der Waals surface area (Å²) in [6, 6.07) is 6.05. The Hall–Kier alpha value is -2.68. The molecular formula is C20H23F3N4O2. The fourth-order valence-electron chi connectivity index (χ4n) is 3.48. The highest BCUT2D eigenvalue weighted by Crippen LogP contribution is 2.30. The molecule has 3 rings (SSSR count). The predicted octanol–water partition coefficient (Wildman–Crippen LogP) is 2.73. The Balaban J connectivity index is 1.98. The Morgan fingerprint density at radius 2 is 1.97 bits per heavy atom. The molecule has 0 aliphatic carbocycles. The number of hydrogen-bond donors (Lipinski definition) is 0. The monoisotopic (exact) mass is 408 g/mol. The number of carbonyl (C=O) groups excluding carboxylic acids is 1. The van der Waals surface area contributed by atoms with Crippen LogP contribution in [0.2, 0.25) is 0 Å². The van der Waals surface area contributed by atoms with Crippen molar-refractivity contribution in [3.63, 3.8) is 0 Å². The lowest BCUT2D eigenvalue weighted by atomic mass is 10.0. The summed E-state index contributed by atoms with van der Waals surface area (Å²) in [5.74, 6) is -0.498. The van der Waals surface area contributed by atoms with E-state index in [0.29, 0.717) is 18.8 Å². The lowest BCUT2D eigenvalue weighted by Crippen LogP contribution is -2.48. The quantitative estimate of drug-likeness (QED) is 0.784. The summed E-state index contributed by atoms with van der Waals surface area (Å²) >= 11 is 0. The molecule has 1 saturated heterocycles. The molecule has 1 aliphatic heterocycles. The van der Waals surface area contributed by atoms with E-state index in [1.165, 1.54) is 22.9 Å². The SMILES string of the molecule is Cc1cc(=O)c(C(=O)N2CCCC(N(C)C)C2)nn1-c1cccc(C(F)(F)F)c1. The van der Waals surface area contributed by atoms with E-state index in [0.717, 1.165) is 25.0 Å². The van der Waals surface area contributed by atoms with Crippen molar-refractivity contribution in [2.24, 2.45) is 0 Å². The largest absolute Gasteiger partial charge is 0.416 e. The van der Waals surface area contributed by atoms with Gasteiger partial charge in [-0.2, -0.15) is 18.3 Å². The summed E-state index contributed by atoms with van der Waals surface area (Å²) in [5, 5.41) is 4.14. The fraction of sp³-hybridized carbons (Fsp3) is 0.450. The third kappa shape index (κ3) is 4.50. The van der Waals surface area contributed by atoms with Gasteiger partial charge in [-0.3, -0.25) is 9.59 Å². The van der Waals surface area contributed by atoms with Crippen molar-refractivity contribution in [3.05, 3.63) is 57.5 Å². The number of hydrogen-bond acceptors (Lipinski definition) is 4. The van der Waals surface area contributed by atoms with Gasteiger partial charge in [-0.15, -0.1) is 0 Å². The van der Waals surface area contributed by atoms with Crippen LogP contribution in [0.3, 0.4) is 0 Å².